The zero-order valence-corrected chi connectivity index (χ0v) is 10.8. The van der Waals surface area contributed by atoms with Crippen LogP contribution in [0.15, 0.2) is 12.4 Å². The number of alkyl halides is 3. The third-order valence-corrected chi connectivity index (χ3v) is 2.87. The highest BCUT2D eigenvalue weighted by Crippen LogP contribution is 2.19. The van der Waals surface area contributed by atoms with E-state index in [9.17, 15) is 18.0 Å². The first-order chi connectivity index (χ1) is 9.26. The molecule has 2 N–H and O–H groups in total. The van der Waals surface area contributed by atoms with Gasteiger partial charge in [0.25, 0.3) is 0 Å². The highest BCUT2D eigenvalue weighted by molar-refractivity contribution is 5.89. The third-order valence-electron chi connectivity index (χ3n) is 2.87. The summed E-state index contributed by atoms with van der Waals surface area (Å²) in [6.07, 6.45) is -1.37. The zero-order chi connectivity index (χ0) is 14.8. The molecule has 0 aliphatic carbocycles. The van der Waals surface area contributed by atoms with Crippen LogP contribution in [0.25, 0.3) is 0 Å². The van der Waals surface area contributed by atoms with E-state index in [-0.39, 0.29) is 5.69 Å². The molecule has 2 rings (SSSR count). The molecule has 1 atom stereocenters. The minimum absolute atomic E-state index is 0.203. The first kappa shape index (κ1) is 14.6. The standard InChI is InChI=1S/C11H15F3N4O2/c1-10(2-3-20-7-10)17-9(19)16-8-4-15-18(5-8)6-11(12,13)14/h4-5H,2-3,6-7H2,1H3,(H2,16,17,19). The largest absolute Gasteiger partial charge is 0.408 e. The Bertz CT molecular complexity index is 480. The van der Waals surface area contributed by atoms with E-state index >= 15 is 0 Å². The van der Waals surface area contributed by atoms with E-state index in [0.29, 0.717) is 19.6 Å². The molecule has 112 valence electrons. The maximum Gasteiger partial charge on any atom is 0.408 e. The topological polar surface area (TPSA) is 68.2 Å². The lowest BCUT2D eigenvalue weighted by Crippen LogP contribution is -2.48. The number of nitrogens with one attached hydrogen (secondary N) is 2. The summed E-state index contributed by atoms with van der Waals surface area (Å²) in [5.41, 5.74) is -0.249. The van der Waals surface area contributed by atoms with Crippen molar-refractivity contribution in [2.45, 2.75) is 31.6 Å². The van der Waals surface area contributed by atoms with Crippen LogP contribution in [0.3, 0.4) is 0 Å². The molecule has 20 heavy (non-hydrogen) atoms. The van der Waals surface area contributed by atoms with Crippen LogP contribution < -0.4 is 10.6 Å². The van der Waals surface area contributed by atoms with Gasteiger partial charge in [-0.15, -0.1) is 0 Å². The molecule has 1 aromatic heterocycles. The lowest BCUT2D eigenvalue weighted by atomic mass is 10.0. The highest BCUT2D eigenvalue weighted by Gasteiger charge is 2.31. The second-order valence-electron chi connectivity index (χ2n) is 4.98. The summed E-state index contributed by atoms with van der Waals surface area (Å²) in [5.74, 6) is 0. The first-order valence-electron chi connectivity index (χ1n) is 6.02. The molecule has 0 spiro atoms. The summed E-state index contributed by atoms with van der Waals surface area (Å²) in [5, 5.41) is 8.70. The fourth-order valence-electron chi connectivity index (χ4n) is 1.90. The number of hydrogen-bond acceptors (Lipinski definition) is 3. The van der Waals surface area contributed by atoms with Gasteiger partial charge in [0.15, 0.2) is 0 Å². The van der Waals surface area contributed by atoms with Gasteiger partial charge in [0.2, 0.25) is 0 Å². The maximum absolute atomic E-state index is 12.2. The summed E-state index contributed by atoms with van der Waals surface area (Å²) in [6, 6.07) is -0.496. The second-order valence-corrected chi connectivity index (χ2v) is 4.98. The predicted octanol–water partition coefficient (Wildman–Crippen LogP) is 1.75. The molecule has 2 amide bonds. The Kier molecular flexibility index (Phi) is 3.89. The maximum atomic E-state index is 12.2. The fourth-order valence-corrected chi connectivity index (χ4v) is 1.90. The van der Waals surface area contributed by atoms with Gasteiger partial charge in [-0.2, -0.15) is 18.3 Å². The van der Waals surface area contributed by atoms with E-state index in [1.54, 1.807) is 0 Å². The molecule has 1 aromatic rings. The van der Waals surface area contributed by atoms with E-state index in [1.165, 1.54) is 6.20 Å². The van der Waals surface area contributed by atoms with Gasteiger partial charge in [-0.3, -0.25) is 4.68 Å². The van der Waals surface area contributed by atoms with Gasteiger partial charge >= 0.3 is 12.2 Å². The number of nitrogens with zero attached hydrogens (tertiary/aromatic N) is 2. The Morgan fingerprint density at radius 1 is 1.60 bits per heavy atom. The number of urea groups is 1. The van der Waals surface area contributed by atoms with Gasteiger partial charge in [-0.25, -0.2) is 4.79 Å². The second kappa shape index (κ2) is 5.31. The molecular formula is C11H15F3N4O2. The van der Waals surface area contributed by atoms with Crippen molar-refractivity contribution in [3.8, 4) is 0 Å². The third kappa shape index (κ3) is 4.12. The molecule has 0 bridgehead atoms. The number of anilines is 1. The van der Waals surface area contributed by atoms with Crippen molar-refractivity contribution in [1.82, 2.24) is 15.1 Å². The number of rotatable bonds is 3. The fraction of sp³-hybridized carbons (Fsp3) is 0.636. The van der Waals surface area contributed by atoms with E-state index in [2.05, 4.69) is 15.7 Å². The van der Waals surface area contributed by atoms with Crippen LogP contribution in [0.1, 0.15) is 13.3 Å². The monoisotopic (exact) mass is 292 g/mol. The molecule has 1 aliphatic heterocycles. The van der Waals surface area contributed by atoms with Crippen LogP contribution in [0.4, 0.5) is 23.7 Å². The number of hydrogen-bond donors (Lipinski definition) is 2. The number of carbonyl (C=O) groups excluding carboxylic acids is 1. The van der Waals surface area contributed by atoms with Gasteiger partial charge in [0.05, 0.1) is 24.0 Å². The van der Waals surface area contributed by atoms with E-state index < -0.39 is 24.3 Å². The molecule has 1 unspecified atom stereocenters. The minimum atomic E-state index is -4.35. The van der Waals surface area contributed by atoms with E-state index in [0.717, 1.165) is 10.9 Å². The molecule has 0 aromatic carbocycles. The summed E-state index contributed by atoms with van der Waals surface area (Å²) in [7, 11) is 0. The summed E-state index contributed by atoms with van der Waals surface area (Å²) in [4.78, 5) is 11.7. The normalized spacial score (nSPS) is 22.8. The van der Waals surface area contributed by atoms with Crippen LogP contribution in [0, 0.1) is 0 Å². The van der Waals surface area contributed by atoms with Crippen LogP contribution in [-0.4, -0.2) is 40.7 Å². The molecule has 9 heteroatoms. The summed E-state index contributed by atoms with van der Waals surface area (Å²) >= 11 is 0. The van der Waals surface area contributed by atoms with E-state index in [1.807, 2.05) is 6.92 Å². The van der Waals surface area contributed by atoms with Gasteiger partial charge in [-0.1, -0.05) is 0 Å². The highest BCUT2D eigenvalue weighted by atomic mass is 19.4. The van der Waals surface area contributed by atoms with Crippen LogP contribution >= 0.6 is 0 Å². The Labute approximate surface area is 113 Å². The molecule has 1 fully saturated rings. The van der Waals surface area contributed by atoms with Crippen molar-refractivity contribution in [1.29, 1.82) is 0 Å². The molecule has 2 heterocycles. The summed E-state index contributed by atoms with van der Waals surface area (Å²) in [6.45, 7) is 1.63. The Morgan fingerprint density at radius 3 is 2.95 bits per heavy atom. The van der Waals surface area contributed by atoms with Crippen molar-refractivity contribution >= 4 is 11.7 Å². The minimum Gasteiger partial charge on any atom is -0.379 e. The Balaban J connectivity index is 1.88. The first-order valence-corrected chi connectivity index (χ1v) is 6.02. The average Bonchev–Trinajstić information content (AvgIpc) is 2.86. The number of carbonyl (C=O) groups is 1. The molecular weight excluding hydrogens is 277 g/mol. The SMILES string of the molecule is CC1(NC(=O)Nc2cnn(CC(F)(F)F)c2)CCOC1. The lowest BCUT2D eigenvalue weighted by Gasteiger charge is -2.23. The van der Waals surface area contributed by atoms with Crippen molar-refractivity contribution in [2.24, 2.45) is 0 Å². The summed E-state index contributed by atoms with van der Waals surface area (Å²) < 4.78 is 42.4. The van der Waals surface area contributed by atoms with Crippen molar-refractivity contribution in [3.63, 3.8) is 0 Å². The van der Waals surface area contributed by atoms with Gasteiger partial charge in [0.1, 0.15) is 6.54 Å². The predicted molar refractivity (Wildman–Crippen MR) is 64.3 cm³/mol. The molecule has 0 radical (unpaired) electrons. The average molecular weight is 292 g/mol. The number of aromatic nitrogens is 2. The quantitative estimate of drug-likeness (QED) is 0.891. The van der Waals surface area contributed by atoms with Crippen LogP contribution in [0.5, 0.6) is 0 Å². The van der Waals surface area contributed by atoms with Crippen molar-refractivity contribution < 1.29 is 22.7 Å². The Hall–Kier alpha value is -1.77. The van der Waals surface area contributed by atoms with Gasteiger partial charge in [-0.05, 0) is 13.3 Å². The number of halogens is 3. The van der Waals surface area contributed by atoms with Gasteiger partial charge in [0, 0.05) is 12.8 Å². The number of ether oxygens (including phenoxy) is 1. The molecule has 6 nitrogen and oxygen atoms in total. The smallest absolute Gasteiger partial charge is 0.379 e. The van der Waals surface area contributed by atoms with Gasteiger partial charge < -0.3 is 15.4 Å². The molecule has 1 aliphatic rings. The van der Waals surface area contributed by atoms with Crippen molar-refractivity contribution in [2.75, 3.05) is 18.5 Å². The zero-order valence-electron chi connectivity index (χ0n) is 10.8. The Morgan fingerprint density at radius 2 is 2.35 bits per heavy atom. The molecule has 1 saturated heterocycles. The van der Waals surface area contributed by atoms with Crippen LogP contribution in [0.2, 0.25) is 0 Å². The van der Waals surface area contributed by atoms with Crippen LogP contribution in [-0.2, 0) is 11.3 Å². The number of amides is 2. The van der Waals surface area contributed by atoms with E-state index in [4.69, 9.17) is 4.74 Å². The molecule has 0 saturated carbocycles. The van der Waals surface area contributed by atoms with Crippen molar-refractivity contribution in [3.05, 3.63) is 12.4 Å². The lowest BCUT2D eigenvalue weighted by molar-refractivity contribution is -0.142.